The molecule has 2 amide bonds. The van der Waals surface area contributed by atoms with Gasteiger partial charge in [-0.15, -0.1) is 0 Å². The van der Waals surface area contributed by atoms with Crippen LogP contribution in [0.5, 0.6) is 0 Å². The molecule has 1 saturated heterocycles. The average Bonchev–Trinajstić information content (AvgIpc) is 2.68. The predicted octanol–water partition coefficient (Wildman–Crippen LogP) is 4.22. The molecule has 4 nitrogen and oxygen atoms in total. The minimum absolute atomic E-state index is 0.0220. The van der Waals surface area contributed by atoms with Gasteiger partial charge in [0.25, 0.3) is 5.91 Å². The maximum atomic E-state index is 13.3. The second-order valence-corrected chi connectivity index (χ2v) is 7.34. The van der Waals surface area contributed by atoms with Gasteiger partial charge in [-0.2, -0.15) is 0 Å². The van der Waals surface area contributed by atoms with E-state index >= 15 is 0 Å². The monoisotopic (exact) mass is 408 g/mol. The van der Waals surface area contributed by atoms with Gasteiger partial charge < -0.3 is 9.80 Å². The first-order chi connectivity index (χ1) is 12.9. The normalized spacial score (nSPS) is 15.6. The molecule has 7 heteroatoms. The van der Waals surface area contributed by atoms with Crippen LogP contribution in [0.25, 0.3) is 0 Å². The van der Waals surface area contributed by atoms with Crippen LogP contribution in [0.4, 0.5) is 4.39 Å². The summed E-state index contributed by atoms with van der Waals surface area (Å²) in [7, 11) is 0. The lowest BCUT2D eigenvalue weighted by atomic mass is 9.99. The van der Waals surface area contributed by atoms with Crippen molar-refractivity contribution < 1.29 is 14.0 Å². The van der Waals surface area contributed by atoms with Crippen molar-refractivity contribution in [2.75, 3.05) is 26.2 Å². The van der Waals surface area contributed by atoms with E-state index in [9.17, 15) is 14.0 Å². The number of rotatable bonds is 3. The molecule has 142 valence electrons. The molecular formula is C20H19Cl2FN2O2. The van der Waals surface area contributed by atoms with Crippen LogP contribution in [0, 0.1) is 5.82 Å². The molecule has 1 unspecified atom stereocenters. The summed E-state index contributed by atoms with van der Waals surface area (Å²) in [5, 5.41) is 0.865. The summed E-state index contributed by atoms with van der Waals surface area (Å²) in [5.74, 6) is -1.04. The molecule has 0 aromatic heterocycles. The van der Waals surface area contributed by atoms with E-state index in [1.807, 2.05) is 6.92 Å². The van der Waals surface area contributed by atoms with Crippen LogP contribution in [0.15, 0.2) is 42.5 Å². The van der Waals surface area contributed by atoms with Crippen molar-refractivity contribution in [3.8, 4) is 0 Å². The van der Waals surface area contributed by atoms with Crippen LogP contribution in [0.1, 0.15) is 28.8 Å². The number of hydrogen-bond acceptors (Lipinski definition) is 2. The van der Waals surface area contributed by atoms with Crippen molar-refractivity contribution in [1.82, 2.24) is 9.80 Å². The topological polar surface area (TPSA) is 40.6 Å². The van der Waals surface area contributed by atoms with Gasteiger partial charge in [-0.1, -0.05) is 35.3 Å². The zero-order valence-electron chi connectivity index (χ0n) is 14.8. The fourth-order valence-corrected chi connectivity index (χ4v) is 3.44. The van der Waals surface area contributed by atoms with Crippen LogP contribution in [-0.2, 0) is 4.79 Å². The van der Waals surface area contributed by atoms with Gasteiger partial charge in [-0.25, -0.2) is 4.39 Å². The summed E-state index contributed by atoms with van der Waals surface area (Å²) in [4.78, 5) is 28.6. The molecule has 2 aromatic carbocycles. The van der Waals surface area contributed by atoms with Crippen molar-refractivity contribution in [2.24, 2.45) is 0 Å². The first-order valence-corrected chi connectivity index (χ1v) is 9.41. The van der Waals surface area contributed by atoms with E-state index in [0.29, 0.717) is 41.8 Å². The highest BCUT2D eigenvalue weighted by atomic mass is 35.5. The van der Waals surface area contributed by atoms with Gasteiger partial charge in [0.2, 0.25) is 5.91 Å². The van der Waals surface area contributed by atoms with Crippen molar-refractivity contribution in [1.29, 1.82) is 0 Å². The van der Waals surface area contributed by atoms with E-state index in [-0.39, 0.29) is 17.7 Å². The lowest BCUT2D eigenvalue weighted by Gasteiger charge is -2.36. The van der Waals surface area contributed by atoms with Crippen molar-refractivity contribution in [3.05, 3.63) is 69.5 Å². The molecular weight excluding hydrogens is 390 g/mol. The lowest BCUT2D eigenvalue weighted by Crippen LogP contribution is -2.51. The van der Waals surface area contributed by atoms with Gasteiger partial charge >= 0.3 is 0 Å². The van der Waals surface area contributed by atoms with Crippen molar-refractivity contribution in [3.63, 3.8) is 0 Å². The molecule has 0 saturated carbocycles. The van der Waals surface area contributed by atoms with Gasteiger partial charge in [0.1, 0.15) is 5.82 Å². The quantitative estimate of drug-likeness (QED) is 0.762. The zero-order chi connectivity index (χ0) is 19.6. The van der Waals surface area contributed by atoms with Crippen molar-refractivity contribution in [2.45, 2.75) is 12.8 Å². The summed E-state index contributed by atoms with van der Waals surface area (Å²) < 4.78 is 13.3. The maximum Gasteiger partial charge on any atom is 0.254 e. The summed E-state index contributed by atoms with van der Waals surface area (Å²) in [6.07, 6.45) is 0. The molecule has 1 atom stereocenters. The van der Waals surface area contributed by atoms with Gasteiger partial charge in [0.15, 0.2) is 0 Å². The van der Waals surface area contributed by atoms with Crippen molar-refractivity contribution >= 4 is 35.0 Å². The van der Waals surface area contributed by atoms with E-state index in [1.165, 1.54) is 18.2 Å². The van der Waals surface area contributed by atoms with E-state index in [4.69, 9.17) is 23.2 Å². The van der Waals surface area contributed by atoms with Crippen LogP contribution >= 0.6 is 23.2 Å². The Morgan fingerprint density at radius 3 is 2.26 bits per heavy atom. The van der Waals surface area contributed by atoms with Gasteiger partial charge in [0, 0.05) is 31.7 Å². The summed E-state index contributed by atoms with van der Waals surface area (Å²) >= 11 is 12.0. The van der Waals surface area contributed by atoms with Crippen LogP contribution < -0.4 is 0 Å². The number of hydrogen-bond donors (Lipinski definition) is 0. The first-order valence-electron chi connectivity index (χ1n) is 8.65. The van der Waals surface area contributed by atoms with E-state index < -0.39 is 5.82 Å². The standard InChI is InChI=1S/C20H19Cl2FN2O2/c1-13(14-5-6-17(21)18(22)12-14)19(26)24-7-9-25(10-8-24)20(27)15-3-2-4-16(23)11-15/h2-6,11-13H,7-10H2,1H3. The third kappa shape index (κ3) is 4.42. The van der Waals surface area contributed by atoms with E-state index in [0.717, 1.165) is 5.56 Å². The Bertz CT molecular complexity index is 867. The SMILES string of the molecule is CC(C(=O)N1CCN(C(=O)c2cccc(F)c2)CC1)c1ccc(Cl)c(Cl)c1. The molecule has 27 heavy (non-hydrogen) atoms. The number of piperazine rings is 1. The fourth-order valence-electron chi connectivity index (χ4n) is 3.13. The number of halogens is 3. The molecule has 0 radical (unpaired) electrons. The number of nitrogens with zero attached hydrogens (tertiary/aromatic N) is 2. The minimum atomic E-state index is -0.440. The molecule has 2 aromatic rings. The molecule has 0 N–H and O–H groups in total. The molecule has 1 fully saturated rings. The Balaban J connectivity index is 1.62. The van der Waals surface area contributed by atoms with Gasteiger partial charge in [-0.3, -0.25) is 9.59 Å². The van der Waals surface area contributed by atoms with Gasteiger partial charge in [0.05, 0.1) is 16.0 Å². The Kier molecular flexibility index (Phi) is 6.02. The number of benzene rings is 2. The van der Waals surface area contributed by atoms with Crippen LogP contribution in [0.2, 0.25) is 10.0 Å². The molecule has 1 aliphatic rings. The zero-order valence-corrected chi connectivity index (χ0v) is 16.3. The molecule has 3 rings (SSSR count). The van der Waals surface area contributed by atoms with Gasteiger partial charge in [-0.05, 0) is 42.8 Å². The molecule has 0 bridgehead atoms. The van der Waals surface area contributed by atoms with Crippen LogP contribution in [-0.4, -0.2) is 47.8 Å². The Morgan fingerprint density at radius 1 is 0.963 bits per heavy atom. The highest BCUT2D eigenvalue weighted by Gasteiger charge is 2.28. The highest BCUT2D eigenvalue weighted by Crippen LogP contribution is 2.27. The van der Waals surface area contributed by atoms with Crippen LogP contribution in [0.3, 0.4) is 0 Å². The predicted molar refractivity (Wildman–Crippen MR) is 104 cm³/mol. The third-order valence-electron chi connectivity index (χ3n) is 4.76. The largest absolute Gasteiger partial charge is 0.339 e. The summed E-state index contributed by atoms with van der Waals surface area (Å²) in [5.41, 5.74) is 1.12. The van der Waals surface area contributed by atoms with E-state index in [2.05, 4.69) is 0 Å². The average molecular weight is 409 g/mol. The summed E-state index contributed by atoms with van der Waals surface area (Å²) in [6.45, 7) is 3.52. The Hall–Kier alpha value is -2.11. The fraction of sp³-hybridized carbons (Fsp3) is 0.300. The Labute approximate surface area is 167 Å². The second kappa shape index (κ2) is 8.28. The minimum Gasteiger partial charge on any atom is -0.339 e. The third-order valence-corrected chi connectivity index (χ3v) is 5.50. The lowest BCUT2D eigenvalue weighted by molar-refractivity contribution is -0.133. The number of carbonyl (C=O) groups is 2. The number of carbonyl (C=O) groups excluding carboxylic acids is 2. The Morgan fingerprint density at radius 2 is 1.63 bits per heavy atom. The van der Waals surface area contributed by atoms with E-state index in [1.54, 1.807) is 34.1 Å². The first kappa shape index (κ1) is 19.6. The maximum absolute atomic E-state index is 13.3. The molecule has 0 aliphatic carbocycles. The molecule has 1 heterocycles. The molecule has 0 spiro atoms. The summed E-state index contributed by atoms with van der Waals surface area (Å²) in [6, 6.07) is 10.8. The smallest absolute Gasteiger partial charge is 0.254 e. The second-order valence-electron chi connectivity index (χ2n) is 6.52. The molecule has 1 aliphatic heterocycles. The number of amides is 2. The highest BCUT2D eigenvalue weighted by molar-refractivity contribution is 6.42.